The lowest BCUT2D eigenvalue weighted by Crippen LogP contribution is -2.34. The molecule has 5 atom stereocenters. The average Bonchev–Trinajstić information content (AvgIpc) is 3.55. The van der Waals surface area contributed by atoms with Crippen LogP contribution in [0, 0.1) is 0 Å². The molecule has 3 aliphatic heterocycles. The largest absolute Gasteiger partial charge is 0.456 e. The van der Waals surface area contributed by atoms with Gasteiger partial charge in [0.25, 0.3) is 6.01 Å². The van der Waals surface area contributed by atoms with Crippen LogP contribution in [-0.4, -0.2) is 77.0 Å². The Labute approximate surface area is 189 Å². The highest BCUT2D eigenvalue weighted by Gasteiger charge is 2.48. The maximum atomic E-state index is 9.90. The highest BCUT2D eigenvalue weighted by molar-refractivity contribution is 6.34. The van der Waals surface area contributed by atoms with E-state index in [-0.39, 0.29) is 31.0 Å². The third-order valence-electron chi connectivity index (χ3n) is 6.50. The number of rotatable bonds is 4. The molecule has 3 saturated heterocycles. The van der Waals surface area contributed by atoms with Crippen molar-refractivity contribution in [3.05, 3.63) is 41.4 Å². The summed E-state index contributed by atoms with van der Waals surface area (Å²) < 4.78 is 17.2. The third kappa shape index (κ3) is 3.52. The number of aromatic amines is 1. The molecular weight excluding hydrogens is 434 g/mol. The van der Waals surface area contributed by atoms with Crippen LogP contribution in [0.1, 0.15) is 6.42 Å². The van der Waals surface area contributed by atoms with Crippen LogP contribution in [0.5, 0.6) is 6.01 Å². The quantitative estimate of drug-likeness (QED) is 0.553. The first-order chi connectivity index (χ1) is 15.5. The van der Waals surface area contributed by atoms with Crippen LogP contribution in [0.25, 0.3) is 22.2 Å². The molecule has 0 amide bonds. The molecule has 0 unspecified atom stereocenters. The summed E-state index contributed by atoms with van der Waals surface area (Å²) in [6.45, 7) is 2.13. The van der Waals surface area contributed by atoms with E-state index in [4.69, 9.17) is 25.8 Å². The van der Waals surface area contributed by atoms with Crippen LogP contribution in [0.4, 0.5) is 5.69 Å². The second kappa shape index (κ2) is 7.90. The number of ether oxygens (including phenoxy) is 3. The molecule has 3 N–H and O–H groups in total. The van der Waals surface area contributed by atoms with Crippen LogP contribution in [0.15, 0.2) is 36.4 Å². The fourth-order valence-electron chi connectivity index (χ4n) is 4.80. The normalized spacial score (nSPS) is 29.7. The fraction of sp³-hybridized carbons (Fsp3) is 0.435. The maximum absolute atomic E-state index is 9.90. The molecule has 8 nitrogen and oxygen atoms in total. The van der Waals surface area contributed by atoms with Crippen molar-refractivity contribution in [3.8, 4) is 17.1 Å². The zero-order valence-electron chi connectivity index (χ0n) is 17.3. The summed E-state index contributed by atoms with van der Waals surface area (Å²) in [5.74, 6) is 0. The fourth-order valence-corrected chi connectivity index (χ4v) is 5.07. The topological polar surface area (TPSA) is 100 Å². The van der Waals surface area contributed by atoms with Crippen LogP contribution < -0.4 is 9.64 Å². The highest BCUT2D eigenvalue weighted by Crippen LogP contribution is 2.35. The molecule has 0 aliphatic carbocycles. The summed E-state index contributed by atoms with van der Waals surface area (Å²) in [5.41, 5.74) is 4.49. The van der Waals surface area contributed by atoms with Crippen LogP contribution in [-0.2, 0) is 9.47 Å². The van der Waals surface area contributed by atoms with Gasteiger partial charge in [-0.2, -0.15) is 4.98 Å². The Bertz CT molecular complexity index is 1140. The first kappa shape index (κ1) is 20.3. The number of hydrogen-bond donors (Lipinski definition) is 3. The van der Waals surface area contributed by atoms with Crippen molar-refractivity contribution < 1.29 is 24.4 Å². The molecule has 3 aliphatic rings. The van der Waals surface area contributed by atoms with E-state index in [1.165, 1.54) is 0 Å². The zero-order valence-corrected chi connectivity index (χ0v) is 18.0. The van der Waals surface area contributed by atoms with E-state index >= 15 is 0 Å². The second-order valence-electron chi connectivity index (χ2n) is 8.65. The van der Waals surface area contributed by atoms with Gasteiger partial charge in [0.2, 0.25) is 0 Å². The molecule has 0 bridgehead atoms. The van der Waals surface area contributed by atoms with Crippen LogP contribution >= 0.6 is 11.6 Å². The van der Waals surface area contributed by atoms with E-state index in [1.807, 2.05) is 24.3 Å². The Morgan fingerprint density at radius 2 is 1.91 bits per heavy atom. The number of hydrogen-bond acceptors (Lipinski definition) is 7. The van der Waals surface area contributed by atoms with E-state index in [0.29, 0.717) is 24.2 Å². The van der Waals surface area contributed by atoms with Gasteiger partial charge in [-0.25, -0.2) is 0 Å². The number of benzene rings is 2. The smallest absolute Gasteiger partial charge is 0.295 e. The minimum absolute atomic E-state index is 0.255. The number of anilines is 1. The van der Waals surface area contributed by atoms with E-state index < -0.39 is 6.10 Å². The number of nitrogens with zero attached hydrogens (tertiary/aromatic N) is 2. The number of nitrogens with one attached hydrogen (secondary N) is 1. The Balaban J connectivity index is 1.23. The molecule has 0 saturated carbocycles. The number of aliphatic hydroxyl groups excluding tert-OH is 2. The lowest BCUT2D eigenvalue weighted by molar-refractivity contribution is 0.00706. The van der Waals surface area contributed by atoms with Gasteiger partial charge in [-0.3, -0.25) is 0 Å². The molecule has 2 aromatic carbocycles. The number of imidazole rings is 1. The summed E-state index contributed by atoms with van der Waals surface area (Å²) in [4.78, 5) is 9.92. The predicted molar refractivity (Wildman–Crippen MR) is 119 cm³/mol. The molecular formula is C23H24ClN3O5. The van der Waals surface area contributed by atoms with Gasteiger partial charge in [0.15, 0.2) is 6.10 Å². The number of aliphatic hydroxyl groups is 2. The van der Waals surface area contributed by atoms with Crippen molar-refractivity contribution in [2.75, 3.05) is 31.2 Å². The molecule has 168 valence electrons. The number of H-pyrrole nitrogens is 1. The molecule has 0 radical (unpaired) electrons. The Kier molecular flexibility index (Phi) is 5.00. The zero-order chi connectivity index (χ0) is 21.8. The van der Waals surface area contributed by atoms with Crippen LogP contribution in [0.3, 0.4) is 0 Å². The van der Waals surface area contributed by atoms with Crippen molar-refractivity contribution in [2.45, 2.75) is 36.9 Å². The van der Waals surface area contributed by atoms with Gasteiger partial charge in [0.05, 0.1) is 35.4 Å². The summed E-state index contributed by atoms with van der Waals surface area (Å²) in [6, 6.07) is 12.3. The molecule has 3 aromatic rings. The van der Waals surface area contributed by atoms with Gasteiger partial charge >= 0.3 is 0 Å². The number of aromatic nitrogens is 2. The average molecular weight is 458 g/mol. The number of β-amino-alcohol motifs (C(OH)–C–C–N with tert-alkyl or cyclic N) is 1. The van der Waals surface area contributed by atoms with E-state index in [0.717, 1.165) is 40.8 Å². The molecule has 0 spiro atoms. The monoisotopic (exact) mass is 457 g/mol. The van der Waals surface area contributed by atoms with E-state index in [1.54, 1.807) is 0 Å². The van der Waals surface area contributed by atoms with Gasteiger partial charge in [-0.15, -0.1) is 0 Å². The summed E-state index contributed by atoms with van der Waals surface area (Å²) >= 11 is 6.59. The Morgan fingerprint density at radius 1 is 1.09 bits per heavy atom. The van der Waals surface area contributed by atoms with E-state index in [2.05, 4.69) is 27.0 Å². The minimum Gasteiger partial charge on any atom is -0.456 e. The minimum atomic E-state index is -0.618. The first-order valence-electron chi connectivity index (χ1n) is 10.9. The van der Waals surface area contributed by atoms with Gasteiger partial charge in [-0.1, -0.05) is 23.7 Å². The van der Waals surface area contributed by atoms with Crippen molar-refractivity contribution in [3.63, 3.8) is 0 Å². The molecule has 4 heterocycles. The Hall–Kier alpha value is -2.36. The van der Waals surface area contributed by atoms with Crippen molar-refractivity contribution in [1.29, 1.82) is 0 Å². The number of fused-ring (bicyclic) bond motifs is 2. The summed E-state index contributed by atoms with van der Waals surface area (Å²) in [7, 11) is 0. The SMILES string of the molecule is O[C@@H]1CCN(c2ccc(-c3cc4nc(O[C@@H]5CO[C@H]6[C@@H]5OC[C@H]6O)[nH]c4cc3Cl)cc2)C1. The Morgan fingerprint density at radius 3 is 2.69 bits per heavy atom. The third-order valence-corrected chi connectivity index (χ3v) is 6.81. The van der Waals surface area contributed by atoms with Crippen LogP contribution in [0.2, 0.25) is 5.02 Å². The molecule has 6 rings (SSSR count). The van der Waals surface area contributed by atoms with Gasteiger partial charge in [-0.05, 0) is 36.2 Å². The first-order valence-corrected chi connectivity index (χ1v) is 11.2. The second-order valence-corrected chi connectivity index (χ2v) is 9.05. The lowest BCUT2D eigenvalue weighted by atomic mass is 10.0. The highest BCUT2D eigenvalue weighted by atomic mass is 35.5. The molecule has 9 heteroatoms. The van der Waals surface area contributed by atoms with Gasteiger partial charge < -0.3 is 34.3 Å². The molecule has 3 fully saturated rings. The lowest BCUT2D eigenvalue weighted by Gasteiger charge is -2.18. The predicted octanol–water partition coefficient (Wildman–Crippen LogP) is 2.36. The molecule has 32 heavy (non-hydrogen) atoms. The van der Waals surface area contributed by atoms with E-state index in [9.17, 15) is 10.2 Å². The summed E-state index contributed by atoms with van der Waals surface area (Å²) in [6.07, 6.45) is -1.05. The van der Waals surface area contributed by atoms with Crippen molar-refractivity contribution in [2.24, 2.45) is 0 Å². The standard InChI is InChI=1S/C23H24ClN3O5/c24-16-8-18-17(25-23(26-18)32-20-11-31-21-19(29)10-30-22(20)21)7-15(16)12-1-3-13(4-2-12)27-6-5-14(28)9-27/h1-4,7-8,14,19-22,28-29H,5-6,9-11H2,(H,25,26)/t14-,19-,20-,21-,22-/m1/s1. The van der Waals surface area contributed by atoms with Crippen molar-refractivity contribution >= 4 is 28.3 Å². The molecule has 1 aromatic heterocycles. The van der Waals surface area contributed by atoms with Gasteiger partial charge in [0, 0.05) is 24.3 Å². The van der Waals surface area contributed by atoms with Gasteiger partial charge in [0.1, 0.15) is 18.3 Å². The van der Waals surface area contributed by atoms with Crippen molar-refractivity contribution in [1.82, 2.24) is 9.97 Å². The summed E-state index contributed by atoms with van der Waals surface area (Å²) in [5, 5.41) is 20.3. The maximum Gasteiger partial charge on any atom is 0.295 e. The number of halogens is 1.